The van der Waals surface area contributed by atoms with Crippen LogP contribution in [0.2, 0.25) is 0 Å². The maximum Gasteiger partial charge on any atom is 0.0110 e. The highest BCUT2D eigenvalue weighted by molar-refractivity contribution is 7.99. The van der Waals surface area contributed by atoms with Gasteiger partial charge in [0.25, 0.3) is 0 Å². The van der Waals surface area contributed by atoms with Crippen LogP contribution in [-0.2, 0) is 0 Å². The van der Waals surface area contributed by atoms with Crippen LogP contribution < -0.4 is 5.32 Å². The molecule has 3 nitrogen and oxygen atoms in total. The molecular formula is C14H29N3S. The minimum atomic E-state index is 0.792. The third kappa shape index (κ3) is 4.72. The van der Waals surface area contributed by atoms with E-state index in [1.807, 2.05) is 0 Å². The van der Waals surface area contributed by atoms with Crippen molar-refractivity contribution in [2.24, 2.45) is 0 Å². The summed E-state index contributed by atoms with van der Waals surface area (Å²) in [5.41, 5.74) is 0. The van der Waals surface area contributed by atoms with E-state index in [0.717, 1.165) is 11.3 Å². The normalized spacial score (nSPS) is 31.7. The van der Waals surface area contributed by atoms with Gasteiger partial charge in [0.2, 0.25) is 0 Å². The standard InChI is InChI=1S/C14H29N3S/c1-16-9-11-17(12-10-16)8-7-15-13-3-5-14(18-2)6-4-13/h13-15H,3-12H2,1-2H3. The first-order valence-corrected chi connectivity index (χ1v) is 8.74. The number of nitrogens with zero attached hydrogens (tertiary/aromatic N) is 2. The van der Waals surface area contributed by atoms with Crippen molar-refractivity contribution in [2.75, 3.05) is 52.6 Å². The molecule has 0 aromatic rings. The average molecular weight is 271 g/mol. The predicted molar refractivity (Wildman–Crippen MR) is 81.5 cm³/mol. The second kappa shape index (κ2) is 7.73. The maximum atomic E-state index is 3.76. The quantitative estimate of drug-likeness (QED) is 0.816. The molecule has 0 atom stereocenters. The molecule has 0 amide bonds. The number of piperazine rings is 1. The van der Waals surface area contributed by atoms with Crippen LogP contribution in [-0.4, -0.2) is 73.7 Å². The second-order valence-electron chi connectivity index (χ2n) is 5.81. The summed E-state index contributed by atoms with van der Waals surface area (Å²) in [4.78, 5) is 5.02. The molecule has 1 aliphatic carbocycles. The third-order valence-electron chi connectivity index (χ3n) is 4.46. The van der Waals surface area contributed by atoms with Gasteiger partial charge >= 0.3 is 0 Å². The number of rotatable bonds is 5. The molecule has 106 valence electrons. The van der Waals surface area contributed by atoms with E-state index in [1.54, 1.807) is 0 Å². The summed E-state index contributed by atoms with van der Waals surface area (Å²) >= 11 is 2.05. The van der Waals surface area contributed by atoms with Gasteiger partial charge in [0.15, 0.2) is 0 Å². The van der Waals surface area contributed by atoms with E-state index >= 15 is 0 Å². The lowest BCUT2D eigenvalue weighted by atomic mass is 9.95. The smallest absolute Gasteiger partial charge is 0.0110 e. The minimum absolute atomic E-state index is 0.792. The van der Waals surface area contributed by atoms with Crippen molar-refractivity contribution in [3.63, 3.8) is 0 Å². The molecule has 0 unspecified atom stereocenters. The first-order valence-electron chi connectivity index (χ1n) is 7.45. The lowest BCUT2D eigenvalue weighted by Gasteiger charge is -2.33. The Morgan fingerprint density at radius 2 is 1.72 bits per heavy atom. The molecule has 0 aromatic carbocycles. The number of nitrogens with one attached hydrogen (secondary N) is 1. The highest BCUT2D eigenvalue weighted by Crippen LogP contribution is 2.26. The molecule has 4 heteroatoms. The average Bonchev–Trinajstić information content (AvgIpc) is 2.42. The van der Waals surface area contributed by atoms with E-state index in [4.69, 9.17) is 0 Å². The third-order valence-corrected chi connectivity index (χ3v) is 5.60. The van der Waals surface area contributed by atoms with Crippen LogP contribution >= 0.6 is 11.8 Å². The Morgan fingerprint density at radius 1 is 1.06 bits per heavy atom. The molecule has 0 spiro atoms. The number of hydrogen-bond donors (Lipinski definition) is 1. The Bertz CT molecular complexity index is 221. The number of hydrogen-bond acceptors (Lipinski definition) is 4. The van der Waals surface area contributed by atoms with Gasteiger partial charge in [-0.3, -0.25) is 4.90 Å². The molecule has 2 rings (SSSR count). The lowest BCUT2D eigenvalue weighted by Crippen LogP contribution is -2.47. The first-order chi connectivity index (χ1) is 8.78. The molecule has 0 aromatic heterocycles. The van der Waals surface area contributed by atoms with Crippen molar-refractivity contribution in [3.8, 4) is 0 Å². The van der Waals surface area contributed by atoms with Crippen molar-refractivity contribution in [1.29, 1.82) is 0 Å². The van der Waals surface area contributed by atoms with Crippen molar-refractivity contribution in [2.45, 2.75) is 37.0 Å². The van der Waals surface area contributed by atoms with Crippen molar-refractivity contribution < 1.29 is 0 Å². The van der Waals surface area contributed by atoms with Gasteiger partial charge < -0.3 is 10.2 Å². The molecule has 1 saturated carbocycles. The predicted octanol–water partition coefficient (Wildman–Crippen LogP) is 1.50. The summed E-state index contributed by atoms with van der Waals surface area (Å²) in [6, 6.07) is 0.792. The Balaban J connectivity index is 1.53. The summed E-state index contributed by atoms with van der Waals surface area (Å²) in [7, 11) is 2.22. The van der Waals surface area contributed by atoms with E-state index < -0.39 is 0 Å². The van der Waals surface area contributed by atoms with Gasteiger partial charge in [0.05, 0.1) is 0 Å². The Morgan fingerprint density at radius 3 is 2.33 bits per heavy atom. The summed E-state index contributed by atoms with van der Waals surface area (Å²) in [5.74, 6) is 0. The molecule has 1 saturated heterocycles. The van der Waals surface area contributed by atoms with Gasteiger partial charge in [-0.15, -0.1) is 0 Å². The fourth-order valence-electron chi connectivity index (χ4n) is 3.00. The van der Waals surface area contributed by atoms with Gasteiger partial charge in [-0.25, -0.2) is 0 Å². The van der Waals surface area contributed by atoms with Crippen LogP contribution in [0.1, 0.15) is 25.7 Å². The van der Waals surface area contributed by atoms with Gasteiger partial charge in [0.1, 0.15) is 0 Å². The van der Waals surface area contributed by atoms with Crippen LogP contribution in [0, 0.1) is 0 Å². The van der Waals surface area contributed by atoms with Crippen molar-refractivity contribution in [1.82, 2.24) is 15.1 Å². The van der Waals surface area contributed by atoms with E-state index in [1.165, 1.54) is 65.0 Å². The van der Waals surface area contributed by atoms with Crippen LogP contribution in [0.3, 0.4) is 0 Å². The van der Waals surface area contributed by atoms with Gasteiger partial charge in [-0.05, 0) is 39.0 Å². The zero-order valence-corrected chi connectivity index (χ0v) is 12.8. The van der Waals surface area contributed by atoms with Gasteiger partial charge in [-0.2, -0.15) is 11.8 Å². The summed E-state index contributed by atoms with van der Waals surface area (Å²) < 4.78 is 0. The fourth-order valence-corrected chi connectivity index (χ4v) is 3.74. The van der Waals surface area contributed by atoms with Crippen LogP contribution in [0.25, 0.3) is 0 Å². The maximum absolute atomic E-state index is 3.76. The molecule has 1 N–H and O–H groups in total. The molecule has 0 radical (unpaired) electrons. The van der Waals surface area contributed by atoms with Crippen LogP contribution in [0.5, 0.6) is 0 Å². The summed E-state index contributed by atoms with van der Waals surface area (Å²) in [6.45, 7) is 7.38. The van der Waals surface area contributed by atoms with E-state index in [2.05, 4.69) is 40.2 Å². The molecule has 18 heavy (non-hydrogen) atoms. The van der Waals surface area contributed by atoms with E-state index in [-0.39, 0.29) is 0 Å². The molecule has 1 heterocycles. The summed E-state index contributed by atoms with van der Waals surface area (Å²) in [5, 5.41) is 4.69. The monoisotopic (exact) mass is 271 g/mol. The molecule has 2 aliphatic rings. The van der Waals surface area contributed by atoms with Gasteiger partial charge in [-0.1, -0.05) is 0 Å². The Kier molecular flexibility index (Phi) is 6.29. The molecule has 1 aliphatic heterocycles. The zero-order chi connectivity index (χ0) is 12.8. The highest BCUT2D eigenvalue weighted by atomic mass is 32.2. The Labute approximate surface area is 117 Å². The molecule has 2 fully saturated rings. The zero-order valence-electron chi connectivity index (χ0n) is 12.0. The van der Waals surface area contributed by atoms with Crippen LogP contribution in [0.15, 0.2) is 0 Å². The number of likely N-dealkylation sites (N-methyl/N-ethyl adjacent to an activating group) is 1. The molecular weight excluding hydrogens is 242 g/mol. The number of thioether (sulfide) groups is 1. The van der Waals surface area contributed by atoms with Crippen molar-refractivity contribution in [3.05, 3.63) is 0 Å². The Hall–Kier alpha value is 0.230. The van der Waals surface area contributed by atoms with Gasteiger partial charge in [0, 0.05) is 50.6 Å². The largest absolute Gasteiger partial charge is 0.313 e. The van der Waals surface area contributed by atoms with E-state index in [0.29, 0.717) is 0 Å². The first kappa shape index (κ1) is 14.6. The van der Waals surface area contributed by atoms with Crippen molar-refractivity contribution >= 4 is 11.8 Å². The van der Waals surface area contributed by atoms with Crippen LogP contribution in [0.4, 0.5) is 0 Å². The molecule has 0 bridgehead atoms. The minimum Gasteiger partial charge on any atom is -0.313 e. The highest BCUT2D eigenvalue weighted by Gasteiger charge is 2.20. The fraction of sp³-hybridized carbons (Fsp3) is 1.00. The topological polar surface area (TPSA) is 18.5 Å². The second-order valence-corrected chi connectivity index (χ2v) is 6.95. The summed E-state index contributed by atoms with van der Waals surface area (Å²) in [6.07, 6.45) is 7.84. The SMILES string of the molecule is CSC1CCC(NCCN2CCN(C)CC2)CC1. The lowest BCUT2D eigenvalue weighted by molar-refractivity contribution is 0.153. The van der Waals surface area contributed by atoms with E-state index in [9.17, 15) is 0 Å².